The zero-order valence-electron chi connectivity index (χ0n) is 21.9. The van der Waals surface area contributed by atoms with Gasteiger partial charge in [-0.15, -0.1) is 0 Å². The highest BCUT2D eigenvalue weighted by Gasteiger charge is 2.14. The number of hydrogen-bond acceptors (Lipinski definition) is 8. The molecule has 36 heavy (non-hydrogen) atoms. The average molecular weight is 536 g/mol. The fourth-order valence-electron chi connectivity index (χ4n) is 3.55. The molecule has 0 spiro atoms. The third-order valence-electron chi connectivity index (χ3n) is 5.55. The monoisotopic (exact) mass is 534 g/mol. The molecule has 0 aliphatic carbocycles. The molecule has 196 valence electrons. The van der Waals surface area contributed by atoms with E-state index in [2.05, 4.69) is 82.1 Å². The minimum atomic E-state index is 0.254. The Hall–Kier alpha value is -2.72. The molecule has 0 fully saturated rings. The lowest BCUT2D eigenvalue weighted by atomic mass is 10.3. The molecule has 0 bridgehead atoms. The van der Waals surface area contributed by atoms with Crippen LogP contribution in [0.25, 0.3) is 22.3 Å². The first-order chi connectivity index (χ1) is 17.3. The van der Waals surface area contributed by atoms with Gasteiger partial charge in [0.25, 0.3) is 0 Å². The minimum Gasteiger partial charge on any atom is -0.368 e. The van der Waals surface area contributed by atoms with Crippen LogP contribution in [0.3, 0.4) is 0 Å². The number of halogens is 2. The largest absolute Gasteiger partial charge is 0.368 e. The summed E-state index contributed by atoms with van der Waals surface area (Å²) in [5, 5.41) is 7.05. The molecule has 0 saturated carbocycles. The van der Waals surface area contributed by atoms with Crippen molar-refractivity contribution in [1.29, 1.82) is 0 Å². The van der Waals surface area contributed by atoms with Crippen LogP contribution in [0, 0.1) is 0 Å². The minimum absolute atomic E-state index is 0.254. The van der Waals surface area contributed by atoms with Gasteiger partial charge in [-0.1, -0.05) is 26.7 Å². The van der Waals surface area contributed by atoms with E-state index in [0.29, 0.717) is 12.1 Å². The predicted molar refractivity (Wildman–Crippen MR) is 148 cm³/mol. The number of nitrogens with one attached hydrogen (secondary N) is 2. The predicted octanol–water partition coefficient (Wildman–Crippen LogP) is 6.55. The van der Waals surface area contributed by atoms with Crippen LogP contribution in [0.1, 0.15) is 79.3 Å². The Balaban J connectivity index is 0.000000201. The summed E-state index contributed by atoms with van der Waals surface area (Å²) < 4.78 is 3.99. The molecule has 2 N–H and O–H groups in total. The maximum Gasteiger partial charge on any atom is 0.226 e. The van der Waals surface area contributed by atoms with E-state index in [9.17, 15) is 0 Å². The maximum absolute atomic E-state index is 5.97. The van der Waals surface area contributed by atoms with Crippen LogP contribution in [-0.4, -0.2) is 52.1 Å². The SMILES string of the molecule is CCCCNc1nc(Cl)nc2c1ncn2C(C)C.CCCCNc1nc(Cl)nc2c1ncn2C(C)C. The summed E-state index contributed by atoms with van der Waals surface area (Å²) in [5.74, 6) is 1.44. The molecule has 10 nitrogen and oxygen atoms in total. The van der Waals surface area contributed by atoms with Gasteiger partial charge in [-0.3, -0.25) is 0 Å². The molecule has 0 unspecified atom stereocenters. The highest BCUT2D eigenvalue weighted by molar-refractivity contribution is 6.29. The molecule has 0 aromatic carbocycles. The normalized spacial score (nSPS) is 11.4. The molecule has 12 heteroatoms. The van der Waals surface area contributed by atoms with Gasteiger partial charge >= 0.3 is 0 Å². The van der Waals surface area contributed by atoms with E-state index in [-0.39, 0.29) is 10.6 Å². The van der Waals surface area contributed by atoms with Gasteiger partial charge in [-0.2, -0.15) is 19.9 Å². The van der Waals surface area contributed by atoms with Crippen LogP contribution in [0.15, 0.2) is 12.7 Å². The van der Waals surface area contributed by atoms with Crippen molar-refractivity contribution in [2.45, 2.75) is 79.3 Å². The lowest BCUT2D eigenvalue weighted by molar-refractivity contribution is 0.612. The van der Waals surface area contributed by atoms with Gasteiger partial charge < -0.3 is 19.8 Å². The van der Waals surface area contributed by atoms with E-state index in [0.717, 1.165) is 72.7 Å². The highest BCUT2D eigenvalue weighted by atomic mass is 35.5. The van der Waals surface area contributed by atoms with Crippen LogP contribution in [0.5, 0.6) is 0 Å². The zero-order valence-corrected chi connectivity index (χ0v) is 23.4. The van der Waals surface area contributed by atoms with E-state index in [1.165, 1.54) is 0 Å². The van der Waals surface area contributed by atoms with Crippen molar-refractivity contribution < 1.29 is 0 Å². The topological polar surface area (TPSA) is 111 Å². The summed E-state index contributed by atoms with van der Waals surface area (Å²) in [4.78, 5) is 25.7. The lowest BCUT2D eigenvalue weighted by Crippen LogP contribution is -2.06. The summed E-state index contributed by atoms with van der Waals surface area (Å²) in [5.41, 5.74) is 3.13. The van der Waals surface area contributed by atoms with Gasteiger partial charge in [0.1, 0.15) is 0 Å². The van der Waals surface area contributed by atoms with Crippen molar-refractivity contribution in [3.63, 3.8) is 0 Å². The van der Waals surface area contributed by atoms with E-state index >= 15 is 0 Å². The zero-order chi connectivity index (χ0) is 26.2. The molecule has 4 rings (SSSR count). The summed E-state index contributed by atoms with van der Waals surface area (Å²) >= 11 is 11.9. The Kier molecular flexibility index (Phi) is 10.1. The first-order valence-corrected chi connectivity index (χ1v) is 13.3. The highest BCUT2D eigenvalue weighted by Crippen LogP contribution is 2.24. The van der Waals surface area contributed by atoms with E-state index in [1.54, 1.807) is 12.7 Å². The van der Waals surface area contributed by atoms with Crippen molar-refractivity contribution >= 4 is 57.2 Å². The van der Waals surface area contributed by atoms with E-state index in [1.807, 2.05) is 9.13 Å². The van der Waals surface area contributed by atoms with Crippen LogP contribution in [0.4, 0.5) is 11.6 Å². The number of nitrogens with zero attached hydrogens (tertiary/aromatic N) is 8. The van der Waals surface area contributed by atoms with Gasteiger partial charge in [-0.25, -0.2) is 9.97 Å². The number of anilines is 2. The molecular weight excluding hydrogens is 499 g/mol. The van der Waals surface area contributed by atoms with E-state index in [4.69, 9.17) is 23.2 Å². The summed E-state index contributed by atoms with van der Waals surface area (Å²) in [6, 6.07) is 0.592. The lowest BCUT2D eigenvalue weighted by Gasteiger charge is -2.09. The van der Waals surface area contributed by atoms with Crippen molar-refractivity contribution in [1.82, 2.24) is 39.0 Å². The summed E-state index contributed by atoms with van der Waals surface area (Å²) in [6.45, 7) is 14.4. The Bertz CT molecular complexity index is 1170. The van der Waals surface area contributed by atoms with Crippen LogP contribution < -0.4 is 10.6 Å². The fourth-order valence-corrected chi connectivity index (χ4v) is 3.88. The molecule has 0 atom stereocenters. The Morgan fingerprint density at radius 2 is 1.08 bits per heavy atom. The number of fused-ring (bicyclic) bond motifs is 2. The van der Waals surface area contributed by atoms with Crippen molar-refractivity contribution in [3.05, 3.63) is 23.2 Å². The van der Waals surface area contributed by atoms with Crippen molar-refractivity contribution in [2.24, 2.45) is 0 Å². The van der Waals surface area contributed by atoms with Gasteiger partial charge in [0.15, 0.2) is 34.0 Å². The molecule has 0 radical (unpaired) electrons. The van der Waals surface area contributed by atoms with Crippen molar-refractivity contribution in [2.75, 3.05) is 23.7 Å². The maximum atomic E-state index is 5.97. The number of imidazole rings is 2. The number of aromatic nitrogens is 8. The Morgan fingerprint density at radius 3 is 1.42 bits per heavy atom. The second-order valence-electron chi connectivity index (χ2n) is 9.08. The first kappa shape index (κ1) is 27.9. The summed E-state index contributed by atoms with van der Waals surface area (Å²) in [6.07, 6.45) is 8.02. The molecular formula is C24H36Cl2N10. The number of rotatable bonds is 10. The molecule has 4 aromatic rings. The second-order valence-corrected chi connectivity index (χ2v) is 9.75. The fraction of sp³-hybridized carbons (Fsp3) is 0.583. The van der Waals surface area contributed by atoms with Gasteiger partial charge in [-0.05, 0) is 63.7 Å². The second kappa shape index (κ2) is 13.0. The van der Waals surface area contributed by atoms with Crippen molar-refractivity contribution in [3.8, 4) is 0 Å². The molecule has 4 aromatic heterocycles. The molecule has 0 aliphatic heterocycles. The standard InChI is InChI=1S/2C12H18ClN5/c2*1-4-5-6-14-10-9-11(17-12(13)16-10)18(7-15-9)8(2)3/h2*7-8H,4-6H2,1-3H3,(H,14,16,17). The van der Waals surface area contributed by atoms with Gasteiger partial charge in [0.2, 0.25) is 10.6 Å². The van der Waals surface area contributed by atoms with Crippen LogP contribution in [-0.2, 0) is 0 Å². The third kappa shape index (κ3) is 6.73. The van der Waals surface area contributed by atoms with Gasteiger partial charge in [0.05, 0.1) is 12.7 Å². The number of unbranched alkanes of at least 4 members (excludes halogenated alkanes) is 2. The number of hydrogen-bond donors (Lipinski definition) is 2. The smallest absolute Gasteiger partial charge is 0.226 e. The van der Waals surface area contributed by atoms with E-state index < -0.39 is 0 Å². The molecule has 0 saturated heterocycles. The molecule has 0 aliphatic rings. The van der Waals surface area contributed by atoms with Crippen LogP contribution in [0.2, 0.25) is 10.6 Å². The molecule has 0 amide bonds. The van der Waals surface area contributed by atoms with Gasteiger partial charge in [0, 0.05) is 25.2 Å². The molecule has 4 heterocycles. The Labute approximate surface area is 222 Å². The third-order valence-corrected chi connectivity index (χ3v) is 5.88. The first-order valence-electron chi connectivity index (χ1n) is 12.5. The quantitative estimate of drug-likeness (QED) is 0.174. The average Bonchev–Trinajstić information content (AvgIpc) is 3.44. The van der Waals surface area contributed by atoms with Crippen LogP contribution >= 0.6 is 23.2 Å². The Morgan fingerprint density at radius 1 is 0.694 bits per heavy atom. The summed E-state index contributed by atoms with van der Waals surface area (Å²) in [7, 11) is 0.